The molecule has 0 radical (unpaired) electrons. The van der Waals surface area contributed by atoms with E-state index in [0.717, 1.165) is 29.6 Å². The number of aryl methyl sites for hydroxylation is 2. The minimum Gasteiger partial charge on any atom is -0.322 e. The summed E-state index contributed by atoms with van der Waals surface area (Å²) in [6, 6.07) is 10.6. The van der Waals surface area contributed by atoms with E-state index in [9.17, 15) is 0 Å². The number of rotatable bonds is 5. The summed E-state index contributed by atoms with van der Waals surface area (Å²) < 4.78 is 2.32. The van der Waals surface area contributed by atoms with Crippen LogP contribution in [0, 0.1) is 6.92 Å². The number of aromatic nitrogens is 3. The van der Waals surface area contributed by atoms with E-state index in [1.165, 1.54) is 24.2 Å². The lowest BCUT2D eigenvalue weighted by Crippen LogP contribution is -2.05. The van der Waals surface area contributed by atoms with E-state index in [0.29, 0.717) is 0 Å². The highest BCUT2D eigenvalue weighted by atomic mass is 15.1. The molecule has 3 rings (SSSR count). The van der Waals surface area contributed by atoms with Crippen molar-refractivity contribution in [2.45, 2.75) is 39.7 Å². The SMILES string of the molecule is CCCCc1nc2c(C)cncc2n1Cc1ccccc1. The number of nitrogens with zero attached hydrogens (tertiary/aromatic N) is 3. The first-order chi connectivity index (χ1) is 10.3. The molecule has 3 heteroatoms. The van der Waals surface area contributed by atoms with Crippen molar-refractivity contribution in [3.63, 3.8) is 0 Å². The summed E-state index contributed by atoms with van der Waals surface area (Å²) in [5.41, 5.74) is 4.69. The summed E-state index contributed by atoms with van der Waals surface area (Å²) in [6.45, 7) is 5.16. The molecular weight excluding hydrogens is 258 g/mol. The van der Waals surface area contributed by atoms with Gasteiger partial charge in [-0.15, -0.1) is 0 Å². The van der Waals surface area contributed by atoms with Gasteiger partial charge in [0, 0.05) is 19.2 Å². The highest BCUT2D eigenvalue weighted by Crippen LogP contribution is 2.21. The molecule has 3 nitrogen and oxygen atoms in total. The highest BCUT2D eigenvalue weighted by molar-refractivity contribution is 5.78. The molecule has 0 saturated carbocycles. The van der Waals surface area contributed by atoms with Gasteiger partial charge in [-0.2, -0.15) is 0 Å². The van der Waals surface area contributed by atoms with Gasteiger partial charge in [0.2, 0.25) is 0 Å². The maximum atomic E-state index is 4.87. The average molecular weight is 279 g/mol. The van der Waals surface area contributed by atoms with E-state index in [4.69, 9.17) is 4.98 Å². The van der Waals surface area contributed by atoms with Gasteiger partial charge in [-0.1, -0.05) is 43.7 Å². The van der Waals surface area contributed by atoms with Gasteiger partial charge in [-0.25, -0.2) is 4.98 Å². The van der Waals surface area contributed by atoms with Crippen LogP contribution in [0.15, 0.2) is 42.7 Å². The predicted octanol–water partition coefficient (Wildman–Crippen LogP) is 4.13. The maximum absolute atomic E-state index is 4.87. The van der Waals surface area contributed by atoms with Crippen LogP contribution in [0.2, 0.25) is 0 Å². The van der Waals surface area contributed by atoms with Crippen molar-refractivity contribution in [1.29, 1.82) is 0 Å². The lowest BCUT2D eigenvalue weighted by Gasteiger charge is -2.09. The second kappa shape index (κ2) is 6.08. The summed E-state index contributed by atoms with van der Waals surface area (Å²) in [5, 5.41) is 0. The van der Waals surface area contributed by atoms with Gasteiger partial charge in [-0.3, -0.25) is 4.98 Å². The summed E-state index contributed by atoms with van der Waals surface area (Å²) in [7, 11) is 0. The molecule has 0 fully saturated rings. The lowest BCUT2D eigenvalue weighted by atomic mass is 10.2. The van der Waals surface area contributed by atoms with Crippen molar-refractivity contribution >= 4 is 11.0 Å². The van der Waals surface area contributed by atoms with E-state index >= 15 is 0 Å². The van der Waals surface area contributed by atoms with Crippen LogP contribution in [0.3, 0.4) is 0 Å². The van der Waals surface area contributed by atoms with Crippen LogP contribution in [0.25, 0.3) is 11.0 Å². The molecule has 108 valence electrons. The molecule has 2 aromatic heterocycles. The number of pyridine rings is 1. The summed E-state index contributed by atoms with van der Waals surface area (Å²) >= 11 is 0. The molecule has 0 N–H and O–H groups in total. The quantitative estimate of drug-likeness (QED) is 0.703. The second-order valence-electron chi connectivity index (χ2n) is 5.53. The fourth-order valence-electron chi connectivity index (χ4n) is 2.68. The monoisotopic (exact) mass is 279 g/mol. The Morgan fingerprint density at radius 1 is 1.10 bits per heavy atom. The topological polar surface area (TPSA) is 30.7 Å². The number of hydrogen-bond donors (Lipinski definition) is 0. The van der Waals surface area contributed by atoms with Crippen molar-refractivity contribution in [3.05, 3.63) is 59.7 Å². The zero-order valence-corrected chi connectivity index (χ0v) is 12.7. The summed E-state index contributed by atoms with van der Waals surface area (Å²) in [6.07, 6.45) is 7.22. The molecule has 0 aliphatic carbocycles. The van der Waals surface area contributed by atoms with E-state index < -0.39 is 0 Å². The molecule has 3 aromatic rings. The number of fused-ring (bicyclic) bond motifs is 1. The Morgan fingerprint density at radius 2 is 1.90 bits per heavy atom. The first-order valence-electron chi connectivity index (χ1n) is 7.63. The number of hydrogen-bond acceptors (Lipinski definition) is 2. The maximum Gasteiger partial charge on any atom is 0.110 e. The van der Waals surface area contributed by atoms with Crippen molar-refractivity contribution in [3.8, 4) is 0 Å². The third kappa shape index (κ3) is 2.82. The van der Waals surface area contributed by atoms with Crippen LogP contribution in [0.4, 0.5) is 0 Å². The molecule has 2 heterocycles. The Bertz CT molecular complexity index is 729. The van der Waals surface area contributed by atoms with E-state index in [1.54, 1.807) is 0 Å². The second-order valence-corrected chi connectivity index (χ2v) is 5.53. The van der Waals surface area contributed by atoms with Crippen molar-refractivity contribution in [2.24, 2.45) is 0 Å². The number of benzene rings is 1. The molecule has 0 unspecified atom stereocenters. The van der Waals surface area contributed by atoms with Crippen molar-refractivity contribution in [1.82, 2.24) is 14.5 Å². The molecule has 0 amide bonds. The fraction of sp³-hybridized carbons (Fsp3) is 0.333. The van der Waals surface area contributed by atoms with Crippen LogP contribution in [0.1, 0.15) is 36.7 Å². The normalized spacial score (nSPS) is 11.1. The molecule has 1 aromatic carbocycles. The highest BCUT2D eigenvalue weighted by Gasteiger charge is 2.12. The van der Waals surface area contributed by atoms with Crippen molar-refractivity contribution in [2.75, 3.05) is 0 Å². The predicted molar refractivity (Wildman–Crippen MR) is 86.4 cm³/mol. The molecule has 0 bridgehead atoms. The van der Waals surface area contributed by atoms with E-state index in [-0.39, 0.29) is 0 Å². The lowest BCUT2D eigenvalue weighted by molar-refractivity contribution is 0.689. The average Bonchev–Trinajstić information content (AvgIpc) is 2.86. The standard InChI is InChI=1S/C18H21N3/c1-3-4-10-17-20-18-14(2)11-19-12-16(18)21(17)13-15-8-6-5-7-9-15/h5-9,11-12H,3-4,10,13H2,1-2H3. The Hall–Kier alpha value is -2.16. The van der Waals surface area contributed by atoms with Crippen LogP contribution in [-0.4, -0.2) is 14.5 Å². The Labute approximate surface area is 125 Å². The Morgan fingerprint density at radius 3 is 2.67 bits per heavy atom. The van der Waals surface area contributed by atoms with Gasteiger partial charge in [0.15, 0.2) is 0 Å². The molecule has 0 aliphatic rings. The van der Waals surface area contributed by atoms with Crippen LogP contribution >= 0.6 is 0 Å². The number of imidazole rings is 1. The zero-order valence-electron chi connectivity index (χ0n) is 12.7. The first kappa shape index (κ1) is 13.8. The summed E-state index contributed by atoms with van der Waals surface area (Å²) in [5.74, 6) is 1.17. The number of unbranched alkanes of at least 4 members (excludes halogenated alkanes) is 1. The fourth-order valence-corrected chi connectivity index (χ4v) is 2.68. The van der Waals surface area contributed by atoms with Gasteiger partial charge < -0.3 is 4.57 Å². The smallest absolute Gasteiger partial charge is 0.110 e. The first-order valence-corrected chi connectivity index (χ1v) is 7.63. The minimum absolute atomic E-state index is 0.863. The summed E-state index contributed by atoms with van der Waals surface area (Å²) in [4.78, 5) is 9.22. The zero-order chi connectivity index (χ0) is 14.7. The molecular formula is C18H21N3. The van der Waals surface area contributed by atoms with Gasteiger partial charge in [0.25, 0.3) is 0 Å². The molecule has 0 aliphatic heterocycles. The third-order valence-electron chi connectivity index (χ3n) is 3.86. The van der Waals surface area contributed by atoms with Gasteiger partial charge >= 0.3 is 0 Å². The van der Waals surface area contributed by atoms with E-state index in [2.05, 4.69) is 53.7 Å². The van der Waals surface area contributed by atoms with Crippen LogP contribution in [0.5, 0.6) is 0 Å². The van der Waals surface area contributed by atoms with Gasteiger partial charge in [-0.05, 0) is 24.5 Å². The molecule has 21 heavy (non-hydrogen) atoms. The van der Waals surface area contributed by atoms with Crippen molar-refractivity contribution < 1.29 is 0 Å². The van der Waals surface area contributed by atoms with Gasteiger partial charge in [0.1, 0.15) is 5.82 Å². The Balaban J connectivity index is 2.07. The molecule has 0 saturated heterocycles. The largest absolute Gasteiger partial charge is 0.322 e. The minimum atomic E-state index is 0.863. The van der Waals surface area contributed by atoms with E-state index in [1.807, 2.05) is 12.4 Å². The molecule has 0 atom stereocenters. The molecule has 0 spiro atoms. The van der Waals surface area contributed by atoms with Crippen LogP contribution in [-0.2, 0) is 13.0 Å². The third-order valence-corrected chi connectivity index (χ3v) is 3.86. The van der Waals surface area contributed by atoms with Crippen LogP contribution < -0.4 is 0 Å². The van der Waals surface area contributed by atoms with Gasteiger partial charge in [0.05, 0.1) is 17.2 Å². The Kier molecular flexibility index (Phi) is 4.00.